The largest absolute Gasteiger partial charge is 0.493 e. The number of aromatic nitrogens is 2. The summed E-state index contributed by atoms with van der Waals surface area (Å²) in [7, 11) is 1.44. The number of rotatable bonds is 9. The molecule has 170 valence electrons. The molecular formula is C21H25N5O5S. The number of aromatic amines is 1. The number of nitrogens with two attached hydrogens (primary N) is 1. The summed E-state index contributed by atoms with van der Waals surface area (Å²) in [5, 5.41) is 8.50. The van der Waals surface area contributed by atoms with E-state index in [-0.39, 0.29) is 24.6 Å². The topological polar surface area (TPSA) is 140 Å². The van der Waals surface area contributed by atoms with E-state index < -0.39 is 11.0 Å². The van der Waals surface area contributed by atoms with Crippen molar-refractivity contribution in [1.29, 1.82) is 0 Å². The highest BCUT2D eigenvalue weighted by Gasteiger charge is 2.15. The van der Waals surface area contributed by atoms with E-state index in [1.807, 2.05) is 11.8 Å². The maximum Gasteiger partial charge on any atom is 0.258 e. The summed E-state index contributed by atoms with van der Waals surface area (Å²) >= 11 is 0. The van der Waals surface area contributed by atoms with Gasteiger partial charge in [-0.1, -0.05) is 6.92 Å². The minimum absolute atomic E-state index is 0.0920. The first-order valence-corrected chi connectivity index (χ1v) is 11.0. The zero-order chi connectivity index (χ0) is 23.3. The molecule has 0 fully saturated rings. The SMILES string of the molecule is CCN(CC(=O)Nc1ccc(S(N)=O)cc1)Cc1nc2cc(OC)c(OC)cc2c(=O)[nH]1. The van der Waals surface area contributed by atoms with Gasteiger partial charge in [0.05, 0.1) is 43.1 Å². The van der Waals surface area contributed by atoms with Gasteiger partial charge in [-0.15, -0.1) is 0 Å². The van der Waals surface area contributed by atoms with Gasteiger partial charge in [0.1, 0.15) is 16.8 Å². The van der Waals surface area contributed by atoms with E-state index in [0.29, 0.717) is 45.4 Å². The highest BCUT2D eigenvalue weighted by Crippen LogP contribution is 2.29. The van der Waals surface area contributed by atoms with Gasteiger partial charge in [-0.2, -0.15) is 0 Å². The van der Waals surface area contributed by atoms with Crippen molar-refractivity contribution in [1.82, 2.24) is 14.9 Å². The molecule has 0 aliphatic carbocycles. The number of hydrogen-bond acceptors (Lipinski definition) is 7. The van der Waals surface area contributed by atoms with E-state index in [1.165, 1.54) is 14.2 Å². The predicted molar refractivity (Wildman–Crippen MR) is 122 cm³/mol. The van der Waals surface area contributed by atoms with Crippen LogP contribution in [0.2, 0.25) is 0 Å². The second-order valence-electron chi connectivity index (χ2n) is 6.91. The summed E-state index contributed by atoms with van der Waals surface area (Å²) in [6.07, 6.45) is 0. The molecule has 32 heavy (non-hydrogen) atoms. The van der Waals surface area contributed by atoms with Crippen LogP contribution >= 0.6 is 0 Å². The summed E-state index contributed by atoms with van der Waals surface area (Å²) < 4.78 is 21.8. The van der Waals surface area contributed by atoms with E-state index in [4.69, 9.17) is 14.6 Å². The van der Waals surface area contributed by atoms with Crippen LogP contribution in [0.25, 0.3) is 10.9 Å². The lowest BCUT2D eigenvalue weighted by atomic mass is 10.2. The second-order valence-corrected chi connectivity index (χ2v) is 7.98. The summed E-state index contributed by atoms with van der Waals surface area (Å²) in [6, 6.07) is 9.69. The quantitative estimate of drug-likeness (QED) is 0.439. The van der Waals surface area contributed by atoms with Gasteiger partial charge < -0.3 is 19.8 Å². The average molecular weight is 460 g/mol. The van der Waals surface area contributed by atoms with Crippen LogP contribution in [0.5, 0.6) is 11.5 Å². The fourth-order valence-electron chi connectivity index (χ4n) is 3.16. The van der Waals surface area contributed by atoms with Crippen molar-refractivity contribution >= 4 is 33.5 Å². The first-order valence-electron chi connectivity index (χ1n) is 9.78. The number of nitrogens with zero attached hydrogens (tertiary/aromatic N) is 2. The third-order valence-electron chi connectivity index (χ3n) is 4.82. The smallest absolute Gasteiger partial charge is 0.258 e. The Labute approximate surface area is 187 Å². The Morgan fingerprint density at radius 3 is 2.44 bits per heavy atom. The monoisotopic (exact) mass is 459 g/mol. The molecule has 1 heterocycles. The van der Waals surface area contributed by atoms with Crippen molar-refractivity contribution in [3.8, 4) is 11.5 Å². The minimum Gasteiger partial charge on any atom is -0.493 e. The van der Waals surface area contributed by atoms with Crippen molar-refractivity contribution < 1.29 is 18.5 Å². The minimum atomic E-state index is -1.57. The Hall–Kier alpha value is -3.28. The Morgan fingerprint density at radius 1 is 1.19 bits per heavy atom. The standard InChI is InChI=1S/C21H25N5O5S/c1-4-26(12-20(27)23-13-5-7-14(8-6-13)32(22)29)11-19-24-16-10-18(31-3)17(30-2)9-15(16)21(28)25-19/h5-10H,4,11-12,22H2,1-3H3,(H,23,27)(H,24,25,28). The maximum atomic E-state index is 12.6. The van der Waals surface area contributed by atoms with Gasteiger partial charge in [0.2, 0.25) is 5.91 Å². The molecule has 2 aromatic carbocycles. The normalized spacial score (nSPS) is 12.0. The third kappa shape index (κ3) is 5.49. The molecule has 3 rings (SSSR count). The van der Waals surface area contributed by atoms with Crippen LogP contribution in [-0.2, 0) is 22.3 Å². The molecule has 0 radical (unpaired) electrons. The van der Waals surface area contributed by atoms with E-state index >= 15 is 0 Å². The fraction of sp³-hybridized carbons (Fsp3) is 0.286. The molecule has 1 unspecified atom stereocenters. The first-order chi connectivity index (χ1) is 15.3. The molecule has 0 saturated heterocycles. The number of anilines is 1. The van der Waals surface area contributed by atoms with Crippen molar-refractivity contribution in [2.45, 2.75) is 18.4 Å². The number of H-pyrrole nitrogens is 1. The summed E-state index contributed by atoms with van der Waals surface area (Å²) in [4.78, 5) is 34.6. The number of methoxy groups -OCH3 is 2. The molecule has 1 atom stereocenters. The van der Waals surface area contributed by atoms with Crippen molar-refractivity contribution in [2.75, 3.05) is 32.6 Å². The molecule has 11 heteroatoms. The Balaban J connectivity index is 1.73. The van der Waals surface area contributed by atoms with Gasteiger partial charge in [0.25, 0.3) is 5.56 Å². The van der Waals surface area contributed by atoms with E-state index in [0.717, 1.165) is 0 Å². The average Bonchev–Trinajstić information content (AvgIpc) is 2.78. The second kappa shape index (κ2) is 10.4. The molecule has 0 spiro atoms. The molecule has 1 amide bonds. The summed E-state index contributed by atoms with van der Waals surface area (Å²) in [5.74, 6) is 1.11. The van der Waals surface area contributed by atoms with E-state index in [1.54, 1.807) is 36.4 Å². The van der Waals surface area contributed by atoms with Gasteiger partial charge in [-0.3, -0.25) is 14.5 Å². The number of carbonyl (C=O) groups is 1. The van der Waals surface area contributed by atoms with Crippen molar-refractivity contribution in [3.05, 3.63) is 52.6 Å². The fourth-order valence-corrected chi connectivity index (χ4v) is 3.56. The molecule has 0 bridgehead atoms. The van der Waals surface area contributed by atoms with Crippen LogP contribution in [0.3, 0.4) is 0 Å². The molecule has 1 aromatic heterocycles. The van der Waals surface area contributed by atoms with Gasteiger partial charge >= 0.3 is 0 Å². The molecule has 0 saturated carbocycles. The van der Waals surface area contributed by atoms with Crippen LogP contribution in [0, 0.1) is 0 Å². The number of likely N-dealkylation sites (N-methyl/N-ethyl adjacent to an activating group) is 1. The lowest BCUT2D eigenvalue weighted by molar-refractivity contribution is -0.117. The van der Waals surface area contributed by atoms with E-state index in [2.05, 4.69) is 15.3 Å². The summed E-state index contributed by atoms with van der Waals surface area (Å²) in [6.45, 7) is 2.83. The number of amides is 1. The van der Waals surface area contributed by atoms with Crippen LogP contribution < -0.4 is 25.5 Å². The number of nitrogens with one attached hydrogen (secondary N) is 2. The lowest BCUT2D eigenvalue weighted by Crippen LogP contribution is -2.33. The highest BCUT2D eigenvalue weighted by atomic mass is 32.2. The first kappa shape index (κ1) is 23.4. The van der Waals surface area contributed by atoms with Gasteiger partial charge in [-0.25, -0.2) is 14.3 Å². The van der Waals surface area contributed by atoms with Crippen molar-refractivity contribution in [2.24, 2.45) is 5.14 Å². The van der Waals surface area contributed by atoms with Crippen LogP contribution in [0.1, 0.15) is 12.7 Å². The Bertz CT molecular complexity index is 1200. The van der Waals surface area contributed by atoms with E-state index in [9.17, 15) is 13.8 Å². The van der Waals surface area contributed by atoms with Crippen LogP contribution in [-0.4, -0.2) is 52.3 Å². The zero-order valence-electron chi connectivity index (χ0n) is 18.0. The third-order valence-corrected chi connectivity index (χ3v) is 5.55. The number of fused-ring (bicyclic) bond motifs is 1. The summed E-state index contributed by atoms with van der Waals surface area (Å²) in [5.41, 5.74) is 0.738. The molecule has 3 aromatic rings. The van der Waals surface area contributed by atoms with Crippen molar-refractivity contribution in [3.63, 3.8) is 0 Å². The maximum absolute atomic E-state index is 12.6. The molecule has 0 aliphatic heterocycles. The van der Waals surface area contributed by atoms with Crippen LogP contribution in [0.15, 0.2) is 46.1 Å². The van der Waals surface area contributed by atoms with Crippen LogP contribution in [0.4, 0.5) is 5.69 Å². The predicted octanol–water partition coefficient (Wildman–Crippen LogP) is 1.38. The molecule has 10 nitrogen and oxygen atoms in total. The Morgan fingerprint density at radius 2 is 1.84 bits per heavy atom. The molecule has 0 aliphatic rings. The molecular weight excluding hydrogens is 434 g/mol. The number of hydrogen-bond donors (Lipinski definition) is 3. The number of benzene rings is 2. The van der Waals surface area contributed by atoms with Gasteiger partial charge in [0.15, 0.2) is 11.5 Å². The highest BCUT2D eigenvalue weighted by molar-refractivity contribution is 7.82. The van der Waals surface area contributed by atoms with Gasteiger partial charge in [-0.05, 0) is 36.9 Å². The van der Waals surface area contributed by atoms with Gasteiger partial charge in [0, 0.05) is 11.8 Å². The Kier molecular flexibility index (Phi) is 7.57. The number of carbonyl (C=O) groups excluding carboxylic acids is 1. The number of ether oxygens (including phenoxy) is 2. The zero-order valence-corrected chi connectivity index (χ0v) is 18.8. The lowest BCUT2D eigenvalue weighted by Gasteiger charge is -2.19. The molecule has 4 N–H and O–H groups in total.